The molecule has 1 aliphatic heterocycles. The summed E-state index contributed by atoms with van der Waals surface area (Å²) in [6.07, 6.45) is 10.1. The molecular weight excluding hydrogens is 468 g/mol. The average Bonchev–Trinajstić information content (AvgIpc) is 2.82. The van der Waals surface area contributed by atoms with Crippen molar-refractivity contribution in [2.24, 2.45) is 11.8 Å². The molecule has 1 aliphatic carbocycles. The number of halogens is 1. The van der Waals surface area contributed by atoms with Crippen LogP contribution >= 0.6 is 15.9 Å². The van der Waals surface area contributed by atoms with E-state index in [1.807, 2.05) is 13.0 Å². The van der Waals surface area contributed by atoms with Crippen LogP contribution in [-0.4, -0.2) is 56.8 Å². The Morgan fingerprint density at radius 3 is 2.47 bits per heavy atom. The molecule has 0 spiro atoms. The van der Waals surface area contributed by atoms with Crippen LogP contribution in [0.4, 0.5) is 0 Å². The lowest BCUT2D eigenvalue weighted by atomic mass is 9.83. The topological polar surface area (TPSA) is 50.8 Å². The zero-order valence-corrected chi connectivity index (χ0v) is 21.7. The van der Waals surface area contributed by atoms with Gasteiger partial charge in [-0.2, -0.15) is 0 Å². The minimum absolute atomic E-state index is 0.0577. The smallest absolute Gasteiger partial charge is 0.249 e. The van der Waals surface area contributed by atoms with Gasteiger partial charge < -0.3 is 19.7 Å². The molecule has 0 radical (unpaired) electrons. The number of nitrogens with zero attached hydrogens (tertiary/aromatic N) is 1. The van der Waals surface area contributed by atoms with Crippen molar-refractivity contribution >= 4 is 21.8 Å². The van der Waals surface area contributed by atoms with Gasteiger partial charge in [-0.05, 0) is 113 Å². The van der Waals surface area contributed by atoms with Gasteiger partial charge in [0.1, 0.15) is 11.9 Å². The number of carbonyl (C=O) groups is 1. The molecule has 2 aliphatic rings. The standard InChI is InChI=1S/C26H41BrN2O3/c1-4-25(32-3)26(30)28-22-7-5-19(6-8-22)11-14-29-15-12-20(13-16-29)17-21-18-23(31-2)9-10-24(21)27/h9-10,18-20,22,25H,4-8,11-17H2,1-3H3,(H,28,30). The van der Waals surface area contributed by atoms with Gasteiger partial charge in [0.05, 0.1) is 7.11 Å². The summed E-state index contributed by atoms with van der Waals surface area (Å²) in [4.78, 5) is 14.9. The van der Waals surface area contributed by atoms with E-state index in [0.717, 1.165) is 43.3 Å². The molecule has 1 aromatic rings. The van der Waals surface area contributed by atoms with Crippen molar-refractivity contribution < 1.29 is 14.3 Å². The second-order valence-corrected chi connectivity index (χ2v) is 10.4. The molecule has 1 unspecified atom stereocenters. The normalized spacial score (nSPS) is 23.6. The highest BCUT2D eigenvalue weighted by Crippen LogP contribution is 2.30. The predicted octanol–water partition coefficient (Wildman–Crippen LogP) is 5.20. The zero-order chi connectivity index (χ0) is 22.9. The molecule has 0 aromatic heterocycles. The third kappa shape index (κ3) is 7.46. The Labute approximate surface area is 202 Å². The molecule has 5 nitrogen and oxygen atoms in total. The van der Waals surface area contributed by atoms with Gasteiger partial charge in [-0.25, -0.2) is 0 Å². The molecule has 6 heteroatoms. The van der Waals surface area contributed by atoms with Crippen LogP contribution in [0.1, 0.15) is 63.9 Å². The first-order valence-corrected chi connectivity index (χ1v) is 13.2. The number of ether oxygens (including phenoxy) is 2. The van der Waals surface area contributed by atoms with Crippen LogP contribution in [0.5, 0.6) is 5.75 Å². The van der Waals surface area contributed by atoms with Crippen LogP contribution in [0.3, 0.4) is 0 Å². The van der Waals surface area contributed by atoms with Crippen LogP contribution in [0.15, 0.2) is 22.7 Å². The number of nitrogens with one attached hydrogen (secondary N) is 1. The summed E-state index contributed by atoms with van der Waals surface area (Å²) in [6, 6.07) is 6.62. The van der Waals surface area contributed by atoms with Crippen LogP contribution in [0.2, 0.25) is 0 Å². The van der Waals surface area contributed by atoms with E-state index in [1.54, 1.807) is 14.2 Å². The summed E-state index contributed by atoms with van der Waals surface area (Å²) in [5, 5.41) is 3.20. The van der Waals surface area contributed by atoms with Gasteiger partial charge >= 0.3 is 0 Å². The SMILES string of the molecule is CCC(OC)C(=O)NC1CCC(CCN2CCC(Cc3cc(OC)ccc3Br)CC2)CC1. The molecule has 3 rings (SSSR count). The van der Waals surface area contributed by atoms with Gasteiger partial charge in [0.15, 0.2) is 0 Å². The second kappa shape index (κ2) is 13.0. The molecule has 180 valence electrons. The summed E-state index contributed by atoms with van der Waals surface area (Å²) in [6.45, 7) is 5.64. The number of methoxy groups -OCH3 is 2. The second-order valence-electron chi connectivity index (χ2n) is 9.59. The van der Waals surface area contributed by atoms with Crippen molar-refractivity contribution in [1.29, 1.82) is 0 Å². The highest BCUT2D eigenvalue weighted by molar-refractivity contribution is 9.10. The number of amides is 1. The van der Waals surface area contributed by atoms with Crippen molar-refractivity contribution in [3.63, 3.8) is 0 Å². The van der Waals surface area contributed by atoms with Gasteiger partial charge in [0.25, 0.3) is 0 Å². The first-order chi connectivity index (χ1) is 15.5. The van der Waals surface area contributed by atoms with Gasteiger partial charge in [-0.1, -0.05) is 22.9 Å². The maximum Gasteiger partial charge on any atom is 0.249 e. The highest BCUT2D eigenvalue weighted by atomic mass is 79.9. The van der Waals surface area contributed by atoms with E-state index in [0.29, 0.717) is 6.04 Å². The minimum atomic E-state index is -0.305. The lowest BCUT2D eigenvalue weighted by Crippen LogP contribution is -2.43. The molecule has 0 bridgehead atoms. The number of piperidine rings is 1. The number of hydrogen-bond acceptors (Lipinski definition) is 4. The number of carbonyl (C=O) groups excluding carboxylic acids is 1. The van der Waals surface area contributed by atoms with E-state index >= 15 is 0 Å². The molecule has 32 heavy (non-hydrogen) atoms. The Hall–Kier alpha value is -1.11. The fraction of sp³-hybridized carbons (Fsp3) is 0.731. The zero-order valence-electron chi connectivity index (χ0n) is 20.1. The monoisotopic (exact) mass is 508 g/mol. The lowest BCUT2D eigenvalue weighted by molar-refractivity contribution is -0.132. The third-order valence-corrected chi connectivity index (χ3v) is 8.24. The molecule has 1 saturated heterocycles. The largest absolute Gasteiger partial charge is 0.497 e. The van der Waals surface area contributed by atoms with E-state index in [-0.39, 0.29) is 12.0 Å². The van der Waals surface area contributed by atoms with Gasteiger partial charge in [0, 0.05) is 17.6 Å². The van der Waals surface area contributed by atoms with Crippen LogP contribution in [0.25, 0.3) is 0 Å². The molecule has 1 heterocycles. The Bertz CT molecular complexity index is 709. The molecule has 1 saturated carbocycles. The summed E-state index contributed by atoms with van der Waals surface area (Å²) >= 11 is 3.70. The van der Waals surface area contributed by atoms with Gasteiger partial charge in [-0.3, -0.25) is 4.79 Å². The van der Waals surface area contributed by atoms with E-state index in [9.17, 15) is 4.79 Å². The first-order valence-electron chi connectivity index (χ1n) is 12.4. The Balaban J connectivity index is 1.32. The van der Waals surface area contributed by atoms with Crippen LogP contribution in [0, 0.1) is 11.8 Å². The van der Waals surface area contributed by atoms with Crippen molar-refractivity contribution in [2.45, 2.75) is 76.9 Å². The maximum absolute atomic E-state index is 12.2. The number of likely N-dealkylation sites (tertiary alicyclic amines) is 1. The van der Waals surface area contributed by atoms with Crippen LogP contribution < -0.4 is 10.1 Å². The molecule has 2 fully saturated rings. The average molecular weight is 510 g/mol. The maximum atomic E-state index is 12.2. The molecule has 1 N–H and O–H groups in total. The van der Waals surface area contributed by atoms with Crippen molar-refractivity contribution in [3.8, 4) is 5.75 Å². The molecular formula is C26H41BrN2O3. The highest BCUT2D eigenvalue weighted by Gasteiger charge is 2.26. The Morgan fingerprint density at radius 2 is 1.84 bits per heavy atom. The lowest BCUT2D eigenvalue weighted by Gasteiger charge is -2.34. The number of rotatable bonds is 10. The van der Waals surface area contributed by atoms with Crippen molar-refractivity contribution in [2.75, 3.05) is 33.9 Å². The summed E-state index contributed by atoms with van der Waals surface area (Å²) < 4.78 is 11.9. The Kier molecular flexibility index (Phi) is 10.3. The quantitative estimate of drug-likeness (QED) is 0.471. The fourth-order valence-corrected chi connectivity index (χ4v) is 5.68. The fourth-order valence-electron chi connectivity index (χ4n) is 5.27. The summed E-state index contributed by atoms with van der Waals surface area (Å²) in [5.74, 6) is 2.56. The van der Waals surface area contributed by atoms with Crippen molar-refractivity contribution in [3.05, 3.63) is 28.2 Å². The third-order valence-electron chi connectivity index (χ3n) is 7.46. The van der Waals surface area contributed by atoms with E-state index in [4.69, 9.17) is 9.47 Å². The minimum Gasteiger partial charge on any atom is -0.497 e. The van der Waals surface area contributed by atoms with Gasteiger partial charge in [-0.15, -0.1) is 0 Å². The first kappa shape index (κ1) is 25.5. The molecule has 1 amide bonds. The van der Waals surface area contributed by atoms with E-state index in [1.165, 1.54) is 61.8 Å². The van der Waals surface area contributed by atoms with Gasteiger partial charge in [0.2, 0.25) is 5.91 Å². The van der Waals surface area contributed by atoms with E-state index < -0.39 is 0 Å². The van der Waals surface area contributed by atoms with Crippen molar-refractivity contribution in [1.82, 2.24) is 10.2 Å². The summed E-state index contributed by atoms with van der Waals surface area (Å²) in [5.41, 5.74) is 1.36. The number of benzene rings is 1. The summed E-state index contributed by atoms with van der Waals surface area (Å²) in [7, 11) is 3.35. The van der Waals surface area contributed by atoms with Crippen LogP contribution in [-0.2, 0) is 16.0 Å². The molecule has 1 aromatic carbocycles. The predicted molar refractivity (Wildman–Crippen MR) is 133 cm³/mol. The molecule has 1 atom stereocenters. The number of hydrogen-bond donors (Lipinski definition) is 1. The Morgan fingerprint density at radius 1 is 1.12 bits per heavy atom. The van der Waals surface area contributed by atoms with E-state index in [2.05, 4.69) is 38.3 Å².